The number of rotatable bonds is 8. The van der Waals surface area contributed by atoms with Crippen LogP contribution in [0.5, 0.6) is 0 Å². The van der Waals surface area contributed by atoms with Gasteiger partial charge in [0, 0.05) is 0 Å². The molecule has 0 aliphatic rings. The van der Waals surface area contributed by atoms with Gasteiger partial charge in [-0.05, 0) is 19.1 Å². The largest absolute Gasteiger partial charge is 0.466 e. The lowest BCUT2D eigenvalue weighted by Gasteiger charge is -2.04. The zero-order valence-electron chi connectivity index (χ0n) is 11.8. The minimum absolute atomic E-state index is 0.143. The standard InChI is InChI=1S/C12H15N3O6S/c1-2-19-11(16)5-7-22(17,18)13-8-10-14-12(21-15-10)9-4-3-6-20-9/h3-4,6,13H,2,5,7-8H2,1H3. The van der Waals surface area contributed by atoms with Crippen molar-refractivity contribution in [3.8, 4) is 11.7 Å². The van der Waals surface area contributed by atoms with Crippen LogP contribution in [0.15, 0.2) is 27.3 Å². The molecule has 2 aromatic heterocycles. The van der Waals surface area contributed by atoms with E-state index in [1.165, 1.54) is 6.26 Å². The van der Waals surface area contributed by atoms with E-state index in [-0.39, 0.29) is 37.0 Å². The Morgan fingerprint density at radius 2 is 2.27 bits per heavy atom. The molecule has 0 spiro atoms. The van der Waals surface area contributed by atoms with Crippen LogP contribution < -0.4 is 4.72 Å². The van der Waals surface area contributed by atoms with E-state index in [4.69, 9.17) is 8.94 Å². The first-order chi connectivity index (χ1) is 10.5. The Balaban J connectivity index is 1.85. The molecule has 0 bridgehead atoms. The maximum absolute atomic E-state index is 11.7. The van der Waals surface area contributed by atoms with Gasteiger partial charge in [0.25, 0.3) is 5.89 Å². The van der Waals surface area contributed by atoms with Crippen LogP contribution in [-0.4, -0.2) is 36.9 Å². The van der Waals surface area contributed by atoms with Gasteiger partial charge in [-0.3, -0.25) is 4.79 Å². The smallest absolute Gasteiger partial charge is 0.306 e. The second kappa shape index (κ2) is 7.18. The number of furan rings is 1. The molecule has 0 amide bonds. The van der Waals surface area contributed by atoms with Gasteiger partial charge in [0.1, 0.15) is 0 Å². The van der Waals surface area contributed by atoms with Crippen LogP contribution in [0, 0.1) is 0 Å². The molecular weight excluding hydrogens is 314 g/mol. The number of carbonyl (C=O) groups is 1. The number of esters is 1. The predicted molar refractivity (Wildman–Crippen MR) is 73.9 cm³/mol. The monoisotopic (exact) mass is 329 g/mol. The summed E-state index contributed by atoms with van der Waals surface area (Å²) in [7, 11) is -3.63. The maximum Gasteiger partial charge on any atom is 0.306 e. The lowest BCUT2D eigenvalue weighted by molar-refractivity contribution is -0.142. The summed E-state index contributed by atoms with van der Waals surface area (Å²) in [5, 5.41) is 3.64. The first-order valence-corrected chi connectivity index (χ1v) is 8.15. The van der Waals surface area contributed by atoms with Gasteiger partial charge < -0.3 is 13.7 Å². The van der Waals surface area contributed by atoms with Gasteiger partial charge in [-0.1, -0.05) is 5.16 Å². The summed E-state index contributed by atoms with van der Waals surface area (Å²) in [4.78, 5) is 15.1. The molecule has 0 radical (unpaired) electrons. The van der Waals surface area contributed by atoms with Gasteiger partial charge in [-0.2, -0.15) is 4.98 Å². The van der Waals surface area contributed by atoms with Gasteiger partial charge in [-0.15, -0.1) is 0 Å². The highest BCUT2D eigenvalue weighted by Gasteiger charge is 2.16. The molecule has 0 unspecified atom stereocenters. The van der Waals surface area contributed by atoms with Crippen molar-refractivity contribution in [3.63, 3.8) is 0 Å². The molecule has 2 rings (SSSR count). The van der Waals surface area contributed by atoms with E-state index in [0.29, 0.717) is 5.76 Å². The maximum atomic E-state index is 11.7. The molecule has 2 aromatic rings. The average Bonchev–Trinajstić information content (AvgIpc) is 3.14. The van der Waals surface area contributed by atoms with Crippen LogP contribution in [0.2, 0.25) is 0 Å². The number of nitrogens with one attached hydrogen (secondary N) is 1. The third kappa shape index (κ3) is 4.67. The van der Waals surface area contributed by atoms with E-state index < -0.39 is 16.0 Å². The number of hydrogen-bond donors (Lipinski definition) is 1. The molecule has 0 fully saturated rings. The second-order valence-electron chi connectivity index (χ2n) is 4.19. The fourth-order valence-electron chi connectivity index (χ4n) is 1.52. The highest BCUT2D eigenvalue weighted by atomic mass is 32.2. The number of nitrogens with zero attached hydrogens (tertiary/aromatic N) is 2. The quantitative estimate of drug-likeness (QED) is 0.702. The summed E-state index contributed by atoms with van der Waals surface area (Å²) in [6.07, 6.45) is 1.24. The fraction of sp³-hybridized carbons (Fsp3) is 0.417. The molecule has 9 nitrogen and oxygen atoms in total. The first-order valence-electron chi connectivity index (χ1n) is 6.49. The highest BCUT2D eigenvalue weighted by Crippen LogP contribution is 2.16. The summed E-state index contributed by atoms with van der Waals surface area (Å²) < 4.78 is 40.4. The van der Waals surface area contributed by atoms with Crippen molar-refractivity contribution in [1.82, 2.24) is 14.9 Å². The molecule has 10 heteroatoms. The van der Waals surface area contributed by atoms with E-state index in [9.17, 15) is 13.2 Å². The molecule has 0 aliphatic heterocycles. The Labute approximate surface area is 126 Å². The van der Waals surface area contributed by atoms with Gasteiger partial charge >= 0.3 is 5.97 Å². The summed E-state index contributed by atoms with van der Waals surface area (Å²) >= 11 is 0. The summed E-state index contributed by atoms with van der Waals surface area (Å²) in [5.41, 5.74) is 0. The van der Waals surface area contributed by atoms with Crippen molar-refractivity contribution in [2.45, 2.75) is 19.9 Å². The SMILES string of the molecule is CCOC(=O)CCS(=O)(=O)NCc1noc(-c2ccco2)n1. The molecular formula is C12H15N3O6S. The topological polar surface area (TPSA) is 125 Å². The highest BCUT2D eigenvalue weighted by molar-refractivity contribution is 7.89. The van der Waals surface area contributed by atoms with Gasteiger partial charge in [0.2, 0.25) is 10.0 Å². The van der Waals surface area contributed by atoms with E-state index >= 15 is 0 Å². The van der Waals surface area contributed by atoms with Crippen molar-refractivity contribution in [2.75, 3.05) is 12.4 Å². The van der Waals surface area contributed by atoms with Gasteiger partial charge in [-0.25, -0.2) is 13.1 Å². The number of hydrogen-bond acceptors (Lipinski definition) is 8. The van der Waals surface area contributed by atoms with Crippen LogP contribution in [0.4, 0.5) is 0 Å². The van der Waals surface area contributed by atoms with Crippen molar-refractivity contribution in [2.24, 2.45) is 0 Å². The zero-order valence-corrected chi connectivity index (χ0v) is 12.6. The van der Waals surface area contributed by atoms with E-state index in [0.717, 1.165) is 0 Å². The Bertz CT molecular complexity index is 707. The predicted octanol–water partition coefficient (Wildman–Crippen LogP) is 0.702. The molecule has 22 heavy (non-hydrogen) atoms. The average molecular weight is 329 g/mol. The van der Waals surface area contributed by atoms with E-state index in [2.05, 4.69) is 19.6 Å². The molecule has 0 saturated carbocycles. The molecule has 0 saturated heterocycles. The minimum Gasteiger partial charge on any atom is -0.466 e. The Hall–Kier alpha value is -2.20. The van der Waals surface area contributed by atoms with Crippen LogP contribution in [0.25, 0.3) is 11.7 Å². The van der Waals surface area contributed by atoms with Crippen molar-refractivity contribution < 1.29 is 26.9 Å². The van der Waals surface area contributed by atoms with Crippen molar-refractivity contribution >= 4 is 16.0 Å². The second-order valence-corrected chi connectivity index (χ2v) is 6.11. The zero-order chi connectivity index (χ0) is 16.0. The first kappa shape index (κ1) is 16.2. The van der Waals surface area contributed by atoms with E-state index in [1.54, 1.807) is 19.1 Å². The third-order valence-corrected chi connectivity index (χ3v) is 3.86. The summed E-state index contributed by atoms with van der Waals surface area (Å²) in [5.74, 6) is -0.220. The lowest BCUT2D eigenvalue weighted by Crippen LogP contribution is -2.27. The summed E-state index contributed by atoms with van der Waals surface area (Å²) in [6, 6.07) is 3.30. The Kier molecular flexibility index (Phi) is 5.28. The third-order valence-electron chi connectivity index (χ3n) is 2.53. The van der Waals surface area contributed by atoms with Gasteiger partial charge in [0.15, 0.2) is 11.6 Å². The fourth-order valence-corrected chi connectivity index (χ4v) is 2.45. The normalized spacial score (nSPS) is 11.5. The Morgan fingerprint density at radius 1 is 1.45 bits per heavy atom. The molecule has 0 aliphatic carbocycles. The molecule has 0 aromatic carbocycles. The molecule has 0 atom stereocenters. The number of ether oxygens (including phenoxy) is 1. The molecule has 1 N–H and O–H groups in total. The number of sulfonamides is 1. The summed E-state index contributed by atoms with van der Waals surface area (Å²) in [6.45, 7) is 1.72. The molecule has 2 heterocycles. The molecule has 120 valence electrons. The number of aromatic nitrogens is 2. The van der Waals surface area contributed by atoms with Crippen LogP contribution in [-0.2, 0) is 26.1 Å². The van der Waals surface area contributed by atoms with Crippen LogP contribution in [0.3, 0.4) is 0 Å². The van der Waals surface area contributed by atoms with E-state index in [1.807, 2.05) is 0 Å². The van der Waals surface area contributed by atoms with Crippen LogP contribution in [0.1, 0.15) is 19.2 Å². The lowest BCUT2D eigenvalue weighted by atomic mass is 10.4. The van der Waals surface area contributed by atoms with Gasteiger partial charge in [0.05, 0.1) is 31.6 Å². The van der Waals surface area contributed by atoms with Crippen molar-refractivity contribution in [1.29, 1.82) is 0 Å². The van der Waals surface area contributed by atoms with Crippen LogP contribution >= 0.6 is 0 Å². The number of carbonyl (C=O) groups excluding carboxylic acids is 1. The van der Waals surface area contributed by atoms with Crippen molar-refractivity contribution in [3.05, 3.63) is 24.2 Å². The minimum atomic E-state index is -3.63. The Morgan fingerprint density at radius 3 is 2.95 bits per heavy atom.